The number of carbonyl (C=O) groups is 1. The fraction of sp³-hybridized carbons (Fsp3) is 0.304. The molecule has 0 spiro atoms. The van der Waals surface area contributed by atoms with E-state index in [0.29, 0.717) is 24.9 Å². The summed E-state index contributed by atoms with van der Waals surface area (Å²) >= 11 is 0. The quantitative estimate of drug-likeness (QED) is 0.601. The number of carboxylic acid groups (broad SMARTS) is 1. The maximum Gasteiger partial charge on any atom is 0.387 e. The molecule has 1 aromatic heterocycles. The molecule has 2 heterocycles. The lowest BCUT2D eigenvalue weighted by atomic mass is 9.96. The van der Waals surface area contributed by atoms with Crippen LogP contribution < -0.4 is 15.5 Å². The van der Waals surface area contributed by atoms with Crippen molar-refractivity contribution in [3.63, 3.8) is 0 Å². The van der Waals surface area contributed by atoms with E-state index in [1.807, 2.05) is 13.0 Å². The van der Waals surface area contributed by atoms with Crippen LogP contribution in [0.25, 0.3) is 22.0 Å². The Morgan fingerprint density at radius 1 is 1.28 bits per heavy atom. The first-order chi connectivity index (χ1) is 15.3. The third kappa shape index (κ3) is 3.24. The van der Waals surface area contributed by atoms with E-state index in [1.165, 1.54) is 4.57 Å². The highest BCUT2D eigenvalue weighted by Gasteiger charge is 2.31. The zero-order valence-corrected chi connectivity index (χ0v) is 17.0. The summed E-state index contributed by atoms with van der Waals surface area (Å²) in [6.07, 6.45) is 2.50. The van der Waals surface area contributed by atoms with E-state index in [2.05, 4.69) is 5.32 Å². The first-order valence-corrected chi connectivity index (χ1v) is 10.2. The number of hydrogen-bond acceptors (Lipinski definition) is 4. The molecule has 1 atom stereocenters. The van der Waals surface area contributed by atoms with Gasteiger partial charge in [0, 0.05) is 24.8 Å². The van der Waals surface area contributed by atoms with Crippen LogP contribution in [0.5, 0.6) is 5.75 Å². The van der Waals surface area contributed by atoms with Crippen LogP contribution in [0.2, 0.25) is 0 Å². The van der Waals surface area contributed by atoms with Gasteiger partial charge in [0.2, 0.25) is 5.43 Å². The van der Waals surface area contributed by atoms with Gasteiger partial charge in [0.15, 0.2) is 5.75 Å². The van der Waals surface area contributed by atoms with Crippen LogP contribution in [0.1, 0.15) is 53.3 Å². The number of halogens is 3. The molecule has 2 N–H and O–H groups in total. The summed E-state index contributed by atoms with van der Waals surface area (Å²) in [5.41, 5.74) is 0.596. The van der Waals surface area contributed by atoms with Crippen molar-refractivity contribution in [3.8, 4) is 16.9 Å². The van der Waals surface area contributed by atoms with Crippen molar-refractivity contribution in [3.05, 3.63) is 63.2 Å². The Labute approximate surface area is 180 Å². The summed E-state index contributed by atoms with van der Waals surface area (Å²) in [7, 11) is 0. The highest BCUT2D eigenvalue weighted by Crippen LogP contribution is 2.45. The summed E-state index contributed by atoms with van der Waals surface area (Å²) in [4.78, 5) is 24.3. The molecule has 0 radical (unpaired) electrons. The molecular formula is C23H19F3N2O4. The van der Waals surface area contributed by atoms with Gasteiger partial charge in [-0.1, -0.05) is 12.1 Å². The Morgan fingerprint density at radius 2 is 2.03 bits per heavy atom. The predicted octanol–water partition coefficient (Wildman–Crippen LogP) is 4.61. The van der Waals surface area contributed by atoms with Crippen molar-refractivity contribution in [2.75, 3.05) is 0 Å². The maximum absolute atomic E-state index is 15.4. The Kier molecular flexibility index (Phi) is 4.74. The van der Waals surface area contributed by atoms with Crippen LogP contribution in [-0.4, -0.2) is 22.3 Å². The van der Waals surface area contributed by atoms with Crippen molar-refractivity contribution in [1.82, 2.24) is 9.88 Å². The summed E-state index contributed by atoms with van der Waals surface area (Å²) < 4.78 is 48.6. The standard InChI is InChI=1S/C23H19F3N2O4/c1-10-14-5-2-11(6-12(14)8-27-10)18-17(24)7-15-19(21(18)32-23(25)26)28(13-3-4-13)9-16(20(15)29)22(30)31/h2,5-7,9-10,13,23,27H,3-4,8H2,1H3,(H,30,31). The van der Waals surface area contributed by atoms with Crippen LogP contribution in [0.4, 0.5) is 13.2 Å². The second-order valence-corrected chi connectivity index (χ2v) is 8.17. The fourth-order valence-corrected chi connectivity index (χ4v) is 4.43. The van der Waals surface area contributed by atoms with Crippen molar-refractivity contribution in [2.24, 2.45) is 0 Å². The van der Waals surface area contributed by atoms with E-state index in [0.717, 1.165) is 23.4 Å². The Balaban J connectivity index is 1.85. The topological polar surface area (TPSA) is 80.6 Å². The minimum Gasteiger partial charge on any atom is -0.477 e. The van der Waals surface area contributed by atoms with Gasteiger partial charge in [-0.05, 0) is 48.6 Å². The summed E-state index contributed by atoms with van der Waals surface area (Å²) in [6, 6.07) is 6.03. The van der Waals surface area contributed by atoms with Gasteiger partial charge in [0.05, 0.1) is 16.5 Å². The lowest BCUT2D eigenvalue weighted by Gasteiger charge is -2.20. The van der Waals surface area contributed by atoms with E-state index in [1.54, 1.807) is 12.1 Å². The number of carboxylic acids is 1. The fourth-order valence-electron chi connectivity index (χ4n) is 4.43. The number of aromatic nitrogens is 1. The van der Waals surface area contributed by atoms with E-state index in [4.69, 9.17) is 4.74 Å². The summed E-state index contributed by atoms with van der Waals surface area (Å²) in [5, 5.41) is 12.4. The number of fused-ring (bicyclic) bond motifs is 2. The van der Waals surface area contributed by atoms with E-state index in [-0.39, 0.29) is 28.6 Å². The molecule has 0 amide bonds. The molecule has 1 fully saturated rings. The van der Waals surface area contributed by atoms with Crippen molar-refractivity contribution >= 4 is 16.9 Å². The van der Waals surface area contributed by atoms with Gasteiger partial charge in [0.1, 0.15) is 11.4 Å². The molecule has 0 saturated heterocycles. The van der Waals surface area contributed by atoms with Gasteiger partial charge in [0.25, 0.3) is 0 Å². The molecule has 1 aliphatic heterocycles. The van der Waals surface area contributed by atoms with Gasteiger partial charge in [-0.3, -0.25) is 4.79 Å². The van der Waals surface area contributed by atoms with Crippen LogP contribution in [0.3, 0.4) is 0 Å². The number of nitrogens with zero attached hydrogens (tertiary/aromatic N) is 1. The number of alkyl halides is 2. The molecule has 6 nitrogen and oxygen atoms in total. The van der Waals surface area contributed by atoms with E-state index in [9.17, 15) is 23.5 Å². The summed E-state index contributed by atoms with van der Waals surface area (Å²) in [5.74, 6) is -2.86. The molecule has 32 heavy (non-hydrogen) atoms. The second-order valence-electron chi connectivity index (χ2n) is 8.17. The van der Waals surface area contributed by atoms with Gasteiger partial charge < -0.3 is 19.7 Å². The minimum atomic E-state index is -3.27. The SMILES string of the molecule is CC1NCc2cc(-c3c(F)cc4c(=O)c(C(=O)O)cn(C5CC5)c4c3OC(F)F)ccc21. The number of pyridine rings is 1. The smallest absolute Gasteiger partial charge is 0.387 e. The molecule has 1 saturated carbocycles. The first-order valence-electron chi connectivity index (χ1n) is 10.2. The Morgan fingerprint density at radius 3 is 2.69 bits per heavy atom. The van der Waals surface area contributed by atoms with Crippen LogP contribution >= 0.6 is 0 Å². The largest absolute Gasteiger partial charge is 0.477 e. The third-order valence-corrected chi connectivity index (χ3v) is 6.10. The maximum atomic E-state index is 15.4. The van der Waals surface area contributed by atoms with E-state index >= 15 is 4.39 Å². The first kappa shape index (κ1) is 20.6. The van der Waals surface area contributed by atoms with Gasteiger partial charge in [-0.2, -0.15) is 8.78 Å². The van der Waals surface area contributed by atoms with Gasteiger partial charge in [-0.25, -0.2) is 9.18 Å². The molecule has 5 rings (SSSR count). The molecule has 9 heteroatoms. The number of nitrogens with one attached hydrogen (secondary N) is 1. The van der Waals surface area contributed by atoms with Crippen molar-refractivity contribution < 1.29 is 27.8 Å². The third-order valence-electron chi connectivity index (χ3n) is 6.10. The summed E-state index contributed by atoms with van der Waals surface area (Å²) in [6.45, 7) is -0.724. The highest BCUT2D eigenvalue weighted by molar-refractivity contribution is 5.98. The molecule has 2 aliphatic rings. The zero-order valence-electron chi connectivity index (χ0n) is 17.0. The molecule has 3 aromatic rings. The molecule has 1 aliphatic carbocycles. The van der Waals surface area contributed by atoms with Crippen LogP contribution in [0, 0.1) is 5.82 Å². The minimum absolute atomic E-state index is 0.0220. The Bertz CT molecular complexity index is 1330. The van der Waals surface area contributed by atoms with Crippen LogP contribution in [0.15, 0.2) is 35.3 Å². The number of hydrogen-bond donors (Lipinski definition) is 2. The zero-order chi connectivity index (χ0) is 22.7. The normalized spacial score (nSPS) is 17.7. The van der Waals surface area contributed by atoms with Crippen LogP contribution in [-0.2, 0) is 6.54 Å². The molecule has 1 unspecified atom stereocenters. The lowest BCUT2D eigenvalue weighted by molar-refractivity contribution is -0.0487. The molecule has 166 valence electrons. The number of ether oxygens (including phenoxy) is 1. The van der Waals surface area contributed by atoms with E-state index < -0.39 is 35.1 Å². The average molecular weight is 444 g/mol. The second kappa shape index (κ2) is 7.37. The molecule has 0 bridgehead atoms. The average Bonchev–Trinajstić information content (AvgIpc) is 3.51. The molecule has 2 aromatic carbocycles. The van der Waals surface area contributed by atoms with Crippen molar-refractivity contribution in [1.29, 1.82) is 0 Å². The van der Waals surface area contributed by atoms with Gasteiger partial charge in [-0.15, -0.1) is 0 Å². The van der Waals surface area contributed by atoms with Crippen molar-refractivity contribution in [2.45, 2.75) is 45.0 Å². The number of benzene rings is 2. The van der Waals surface area contributed by atoms with Gasteiger partial charge >= 0.3 is 12.6 Å². The highest BCUT2D eigenvalue weighted by atomic mass is 19.3. The number of rotatable bonds is 5. The monoisotopic (exact) mass is 444 g/mol. The predicted molar refractivity (Wildman–Crippen MR) is 111 cm³/mol. The Hall–Kier alpha value is -3.33. The molecular weight excluding hydrogens is 425 g/mol. The lowest BCUT2D eigenvalue weighted by Crippen LogP contribution is -2.20. The number of aromatic carboxylic acids is 1.